The summed E-state index contributed by atoms with van der Waals surface area (Å²) in [5.41, 5.74) is 5.69. The summed E-state index contributed by atoms with van der Waals surface area (Å²) in [6.45, 7) is 5.81. The molecular weight excluding hydrogens is 296 g/mol. The normalized spacial score (nSPS) is 13.2. The van der Waals surface area contributed by atoms with Crippen molar-refractivity contribution in [2.75, 3.05) is 0 Å². The van der Waals surface area contributed by atoms with E-state index in [4.69, 9.17) is 21.9 Å². The first-order valence-corrected chi connectivity index (χ1v) is 6.62. The Morgan fingerprint density at radius 3 is 2.67 bits per heavy atom. The van der Waals surface area contributed by atoms with E-state index < -0.39 is 11.0 Å². The average Bonchev–Trinajstić information content (AvgIpc) is 2.85. The zero-order valence-electron chi connectivity index (χ0n) is 11.8. The standard InChI is InChI=1S/C13H15ClN4O3/c1-13(2,3)10(15)11-16-12(21-17-11)9-7(14)5-4-6-8(9)18(19)20/h4-6,10H,15H2,1-3H3. The van der Waals surface area contributed by atoms with E-state index in [2.05, 4.69) is 10.1 Å². The molecule has 2 rings (SSSR count). The molecule has 0 fully saturated rings. The number of nitro groups is 1. The number of nitro benzene ring substituents is 1. The minimum absolute atomic E-state index is 0.0120. The van der Waals surface area contributed by atoms with Crippen LogP contribution >= 0.6 is 11.6 Å². The second kappa shape index (κ2) is 5.42. The smallest absolute Gasteiger partial charge is 0.283 e. The Hall–Kier alpha value is -1.99. The van der Waals surface area contributed by atoms with Crippen molar-refractivity contribution < 1.29 is 9.45 Å². The summed E-state index contributed by atoms with van der Waals surface area (Å²) in [5.74, 6) is 0.272. The molecule has 1 heterocycles. The molecule has 0 saturated heterocycles. The molecule has 1 atom stereocenters. The average molecular weight is 311 g/mol. The van der Waals surface area contributed by atoms with Crippen molar-refractivity contribution in [1.29, 1.82) is 0 Å². The Morgan fingerprint density at radius 1 is 1.43 bits per heavy atom. The molecule has 112 valence electrons. The fourth-order valence-electron chi connectivity index (χ4n) is 1.73. The molecule has 0 amide bonds. The van der Waals surface area contributed by atoms with Gasteiger partial charge in [0.25, 0.3) is 11.6 Å². The van der Waals surface area contributed by atoms with E-state index in [9.17, 15) is 10.1 Å². The van der Waals surface area contributed by atoms with Crippen molar-refractivity contribution >= 4 is 17.3 Å². The van der Waals surface area contributed by atoms with Crippen LogP contribution in [0.25, 0.3) is 11.5 Å². The van der Waals surface area contributed by atoms with Gasteiger partial charge in [0, 0.05) is 6.07 Å². The van der Waals surface area contributed by atoms with Crippen LogP contribution in [0.3, 0.4) is 0 Å². The lowest BCUT2D eigenvalue weighted by atomic mass is 9.87. The topological polar surface area (TPSA) is 108 Å². The molecular formula is C13H15ClN4O3. The molecule has 0 radical (unpaired) electrons. The number of nitrogens with two attached hydrogens (primary N) is 1. The lowest BCUT2D eigenvalue weighted by molar-refractivity contribution is -0.384. The van der Waals surface area contributed by atoms with Crippen molar-refractivity contribution in [3.8, 4) is 11.5 Å². The summed E-state index contributed by atoms with van der Waals surface area (Å²) in [6.07, 6.45) is 0. The van der Waals surface area contributed by atoms with Crippen LogP contribution in [0.4, 0.5) is 5.69 Å². The van der Waals surface area contributed by atoms with Crippen LogP contribution in [0.2, 0.25) is 5.02 Å². The molecule has 7 nitrogen and oxygen atoms in total. The molecule has 2 aromatic rings. The maximum Gasteiger partial charge on any atom is 0.283 e. The van der Waals surface area contributed by atoms with Gasteiger partial charge in [0.1, 0.15) is 5.56 Å². The quantitative estimate of drug-likeness (QED) is 0.688. The van der Waals surface area contributed by atoms with Gasteiger partial charge in [-0.2, -0.15) is 4.98 Å². The Bertz CT molecular complexity index is 678. The molecule has 1 unspecified atom stereocenters. The first kappa shape index (κ1) is 15.4. The number of benzene rings is 1. The van der Waals surface area contributed by atoms with Gasteiger partial charge in [0.05, 0.1) is 16.0 Å². The van der Waals surface area contributed by atoms with E-state index in [-0.39, 0.29) is 33.4 Å². The summed E-state index contributed by atoms with van der Waals surface area (Å²) >= 11 is 6.02. The molecule has 21 heavy (non-hydrogen) atoms. The first-order valence-electron chi connectivity index (χ1n) is 6.24. The zero-order valence-corrected chi connectivity index (χ0v) is 12.6. The molecule has 1 aromatic heterocycles. The summed E-state index contributed by atoms with van der Waals surface area (Å²) in [6, 6.07) is 3.88. The van der Waals surface area contributed by atoms with Crippen molar-refractivity contribution in [3.05, 3.63) is 39.2 Å². The molecule has 0 aliphatic carbocycles. The van der Waals surface area contributed by atoms with Crippen LogP contribution in [0.15, 0.2) is 22.7 Å². The predicted molar refractivity (Wildman–Crippen MR) is 77.8 cm³/mol. The highest BCUT2D eigenvalue weighted by atomic mass is 35.5. The van der Waals surface area contributed by atoms with Gasteiger partial charge in [-0.1, -0.05) is 43.6 Å². The molecule has 2 N–H and O–H groups in total. The van der Waals surface area contributed by atoms with Gasteiger partial charge in [0.15, 0.2) is 5.82 Å². The Labute approximate surface area is 126 Å². The number of hydrogen-bond donors (Lipinski definition) is 1. The van der Waals surface area contributed by atoms with Crippen molar-refractivity contribution in [3.63, 3.8) is 0 Å². The number of aromatic nitrogens is 2. The van der Waals surface area contributed by atoms with E-state index in [1.807, 2.05) is 20.8 Å². The lowest BCUT2D eigenvalue weighted by Gasteiger charge is -2.23. The first-order chi connectivity index (χ1) is 9.71. The fraction of sp³-hybridized carbons (Fsp3) is 0.385. The van der Waals surface area contributed by atoms with Gasteiger partial charge in [0.2, 0.25) is 0 Å². The molecule has 0 spiro atoms. The summed E-state index contributed by atoms with van der Waals surface area (Å²) < 4.78 is 5.11. The van der Waals surface area contributed by atoms with Gasteiger partial charge < -0.3 is 10.3 Å². The van der Waals surface area contributed by atoms with Crippen LogP contribution in [-0.4, -0.2) is 15.1 Å². The molecule has 0 aliphatic heterocycles. The number of hydrogen-bond acceptors (Lipinski definition) is 6. The molecule has 1 aromatic carbocycles. The summed E-state index contributed by atoms with van der Waals surface area (Å²) in [4.78, 5) is 14.7. The second-order valence-electron chi connectivity index (χ2n) is 5.69. The van der Waals surface area contributed by atoms with Gasteiger partial charge in [-0.05, 0) is 11.5 Å². The monoisotopic (exact) mass is 310 g/mol. The third-order valence-electron chi connectivity index (χ3n) is 3.06. The number of nitrogens with zero attached hydrogens (tertiary/aromatic N) is 3. The highest BCUT2D eigenvalue weighted by molar-refractivity contribution is 6.33. The van der Waals surface area contributed by atoms with Crippen LogP contribution in [-0.2, 0) is 0 Å². The van der Waals surface area contributed by atoms with Gasteiger partial charge in [-0.25, -0.2) is 0 Å². The SMILES string of the molecule is CC(C)(C)C(N)c1noc(-c2c(Cl)cccc2[N+](=O)[O-])n1. The predicted octanol–water partition coefficient (Wildman–Crippen LogP) is 3.34. The van der Waals surface area contributed by atoms with Crippen molar-refractivity contribution in [2.24, 2.45) is 11.1 Å². The Kier molecular flexibility index (Phi) is 3.97. The molecule has 0 aliphatic rings. The minimum atomic E-state index is -0.547. The third kappa shape index (κ3) is 3.03. The Morgan fingerprint density at radius 2 is 2.10 bits per heavy atom. The molecule has 0 saturated carbocycles. The van der Waals surface area contributed by atoms with Crippen molar-refractivity contribution in [2.45, 2.75) is 26.8 Å². The lowest BCUT2D eigenvalue weighted by Crippen LogP contribution is -2.27. The van der Waals surface area contributed by atoms with E-state index >= 15 is 0 Å². The summed E-state index contributed by atoms with van der Waals surface area (Å²) in [5, 5.41) is 15.1. The van der Waals surface area contributed by atoms with Crippen molar-refractivity contribution in [1.82, 2.24) is 10.1 Å². The second-order valence-corrected chi connectivity index (χ2v) is 6.10. The van der Waals surface area contributed by atoms with E-state index in [0.717, 1.165) is 0 Å². The fourth-order valence-corrected chi connectivity index (χ4v) is 1.98. The summed E-state index contributed by atoms with van der Waals surface area (Å²) in [7, 11) is 0. The minimum Gasteiger partial charge on any atom is -0.334 e. The van der Waals surface area contributed by atoms with Crippen LogP contribution in [0.1, 0.15) is 32.6 Å². The molecule has 0 bridgehead atoms. The van der Waals surface area contributed by atoms with Gasteiger partial charge >= 0.3 is 0 Å². The number of rotatable bonds is 3. The van der Waals surface area contributed by atoms with Crippen LogP contribution in [0, 0.1) is 15.5 Å². The van der Waals surface area contributed by atoms with Crippen LogP contribution < -0.4 is 5.73 Å². The molecule has 8 heteroatoms. The van der Waals surface area contributed by atoms with E-state index in [0.29, 0.717) is 0 Å². The maximum atomic E-state index is 11.1. The van der Waals surface area contributed by atoms with Crippen LogP contribution in [0.5, 0.6) is 0 Å². The largest absolute Gasteiger partial charge is 0.334 e. The number of halogens is 1. The van der Waals surface area contributed by atoms with E-state index in [1.165, 1.54) is 18.2 Å². The zero-order chi connectivity index (χ0) is 15.8. The van der Waals surface area contributed by atoms with E-state index in [1.54, 1.807) is 0 Å². The Balaban J connectivity index is 2.50. The third-order valence-corrected chi connectivity index (χ3v) is 3.37. The highest BCUT2D eigenvalue weighted by Crippen LogP contribution is 2.36. The van der Waals surface area contributed by atoms with Gasteiger partial charge in [-0.15, -0.1) is 0 Å². The van der Waals surface area contributed by atoms with Gasteiger partial charge in [-0.3, -0.25) is 10.1 Å². The highest BCUT2D eigenvalue weighted by Gasteiger charge is 2.29. The maximum absolute atomic E-state index is 11.1.